The third-order valence-corrected chi connectivity index (χ3v) is 3.58. The van der Waals surface area contributed by atoms with E-state index in [0.717, 1.165) is 44.3 Å². The molecule has 2 heterocycles. The minimum atomic E-state index is 0.0122. The quantitative estimate of drug-likeness (QED) is 0.901. The van der Waals surface area contributed by atoms with Crippen molar-refractivity contribution >= 4 is 11.6 Å². The van der Waals surface area contributed by atoms with Crippen LogP contribution in [-0.2, 0) is 9.53 Å². The van der Waals surface area contributed by atoms with Gasteiger partial charge in [-0.1, -0.05) is 0 Å². The van der Waals surface area contributed by atoms with Crippen molar-refractivity contribution in [1.29, 1.82) is 0 Å². The van der Waals surface area contributed by atoms with Gasteiger partial charge < -0.3 is 19.5 Å². The standard InChI is InChI=1S/C15H20N2O4/c18-15(3-4-17-5-7-19-8-6-17)16-12-1-2-13-14(11-12)21-10-9-20-13/h1-2,11H,3-10H2,(H,16,18). The molecule has 21 heavy (non-hydrogen) atoms. The summed E-state index contributed by atoms with van der Waals surface area (Å²) in [6, 6.07) is 5.47. The van der Waals surface area contributed by atoms with Gasteiger partial charge in [0.1, 0.15) is 13.2 Å². The lowest BCUT2D eigenvalue weighted by atomic mass is 10.2. The highest BCUT2D eigenvalue weighted by Gasteiger charge is 2.14. The van der Waals surface area contributed by atoms with Gasteiger partial charge in [-0.3, -0.25) is 9.69 Å². The molecule has 1 aromatic rings. The van der Waals surface area contributed by atoms with Gasteiger partial charge in [-0.05, 0) is 12.1 Å². The van der Waals surface area contributed by atoms with Crippen molar-refractivity contribution in [2.45, 2.75) is 6.42 Å². The number of amides is 1. The van der Waals surface area contributed by atoms with Gasteiger partial charge >= 0.3 is 0 Å². The van der Waals surface area contributed by atoms with Crippen LogP contribution in [0.3, 0.4) is 0 Å². The third kappa shape index (κ3) is 3.86. The minimum Gasteiger partial charge on any atom is -0.486 e. The Balaban J connectivity index is 1.50. The Labute approximate surface area is 124 Å². The van der Waals surface area contributed by atoms with Crippen LogP contribution >= 0.6 is 0 Å². The topological polar surface area (TPSA) is 60.0 Å². The van der Waals surface area contributed by atoms with E-state index in [1.165, 1.54) is 0 Å². The number of benzene rings is 1. The van der Waals surface area contributed by atoms with E-state index in [2.05, 4.69) is 10.2 Å². The Morgan fingerprint density at radius 1 is 1.10 bits per heavy atom. The van der Waals surface area contributed by atoms with Crippen LogP contribution in [0.25, 0.3) is 0 Å². The highest BCUT2D eigenvalue weighted by atomic mass is 16.6. The van der Waals surface area contributed by atoms with Crippen LogP contribution in [0.15, 0.2) is 18.2 Å². The van der Waals surface area contributed by atoms with Crippen LogP contribution in [0.4, 0.5) is 5.69 Å². The van der Waals surface area contributed by atoms with E-state index in [-0.39, 0.29) is 5.91 Å². The lowest BCUT2D eigenvalue weighted by molar-refractivity contribution is -0.116. The largest absolute Gasteiger partial charge is 0.486 e. The van der Waals surface area contributed by atoms with E-state index in [1.807, 2.05) is 12.1 Å². The molecule has 0 bridgehead atoms. The number of anilines is 1. The summed E-state index contributed by atoms with van der Waals surface area (Å²) in [6.45, 7) is 5.18. The molecule has 6 nitrogen and oxygen atoms in total. The molecule has 0 atom stereocenters. The second-order valence-corrected chi connectivity index (χ2v) is 5.11. The second-order valence-electron chi connectivity index (χ2n) is 5.11. The van der Waals surface area contributed by atoms with Crippen molar-refractivity contribution in [3.05, 3.63) is 18.2 Å². The molecule has 0 spiro atoms. The summed E-state index contributed by atoms with van der Waals surface area (Å²) in [5.74, 6) is 1.43. The Bertz CT molecular complexity index is 500. The fourth-order valence-corrected chi connectivity index (χ4v) is 2.43. The number of carbonyl (C=O) groups excluding carboxylic acids is 1. The zero-order valence-corrected chi connectivity index (χ0v) is 12.0. The monoisotopic (exact) mass is 292 g/mol. The molecule has 3 rings (SSSR count). The van der Waals surface area contributed by atoms with E-state index in [9.17, 15) is 4.79 Å². The molecule has 114 valence electrons. The van der Waals surface area contributed by atoms with Crippen molar-refractivity contribution in [1.82, 2.24) is 4.90 Å². The molecule has 6 heteroatoms. The van der Waals surface area contributed by atoms with Crippen molar-refractivity contribution in [3.63, 3.8) is 0 Å². The van der Waals surface area contributed by atoms with Gasteiger partial charge in [-0.15, -0.1) is 0 Å². The van der Waals surface area contributed by atoms with Gasteiger partial charge in [0.2, 0.25) is 5.91 Å². The maximum atomic E-state index is 12.0. The first-order valence-electron chi connectivity index (χ1n) is 7.31. The Hall–Kier alpha value is -1.79. The maximum Gasteiger partial charge on any atom is 0.225 e. The van der Waals surface area contributed by atoms with E-state index in [1.54, 1.807) is 6.07 Å². The molecular weight excluding hydrogens is 272 g/mol. The first-order chi connectivity index (χ1) is 10.3. The normalized spacial score (nSPS) is 18.3. The molecule has 1 fully saturated rings. The lowest BCUT2D eigenvalue weighted by Gasteiger charge is -2.26. The average Bonchev–Trinajstić information content (AvgIpc) is 2.54. The van der Waals surface area contributed by atoms with Crippen LogP contribution in [0, 0.1) is 0 Å². The highest BCUT2D eigenvalue weighted by Crippen LogP contribution is 2.32. The number of hydrogen-bond donors (Lipinski definition) is 1. The minimum absolute atomic E-state index is 0.0122. The number of rotatable bonds is 4. The van der Waals surface area contributed by atoms with Crippen molar-refractivity contribution in [2.24, 2.45) is 0 Å². The zero-order valence-electron chi connectivity index (χ0n) is 12.0. The highest BCUT2D eigenvalue weighted by molar-refractivity contribution is 5.91. The van der Waals surface area contributed by atoms with E-state index >= 15 is 0 Å². The van der Waals surface area contributed by atoms with Crippen molar-refractivity contribution in [3.8, 4) is 11.5 Å². The Morgan fingerprint density at radius 2 is 1.86 bits per heavy atom. The van der Waals surface area contributed by atoms with Crippen molar-refractivity contribution in [2.75, 3.05) is 51.4 Å². The summed E-state index contributed by atoms with van der Waals surface area (Å²) in [6.07, 6.45) is 0.481. The zero-order chi connectivity index (χ0) is 14.5. The molecule has 0 saturated carbocycles. The predicted octanol–water partition coefficient (Wildman–Crippen LogP) is 1.12. The van der Waals surface area contributed by atoms with Crippen LogP contribution < -0.4 is 14.8 Å². The first kappa shape index (κ1) is 14.2. The second kappa shape index (κ2) is 6.78. The molecule has 0 aromatic heterocycles. The summed E-state index contributed by atoms with van der Waals surface area (Å²) >= 11 is 0. The lowest BCUT2D eigenvalue weighted by Crippen LogP contribution is -2.38. The molecule has 1 aromatic carbocycles. The average molecular weight is 292 g/mol. The summed E-state index contributed by atoms with van der Waals surface area (Å²) in [5.41, 5.74) is 0.742. The number of carbonyl (C=O) groups is 1. The Morgan fingerprint density at radius 3 is 2.67 bits per heavy atom. The van der Waals surface area contributed by atoms with Crippen molar-refractivity contribution < 1.29 is 19.0 Å². The Kier molecular flexibility index (Phi) is 4.57. The number of nitrogens with one attached hydrogen (secondary N) is 1. The summed E-state index contributed by atoms with van der Waals surface area (Å²) in [5, 5.41) is 2.90. The molecule has 0 radical (unpaired) electrons. The summed E-state index contributed by atoms with van der Waals surface area (Å²) < 4.78 is 16.2. The van der Waals surface area contributed by atoms with Crippen LogP contribution in [0.5, 0.6) is 11.5 Å². The SMILES string of the molecule is O=C(CCN1CCOCC1)Nc1ccc2c(c1)OCCO2. The first-order valence-corrected chi connectivity index (χ1v) is 7.31. The fraction of sp³-hybridized carbons (Fsp3) is 0.533. The number of morpholine rings is 1. The summed E-state index contributed by atoms with van der Waals surface area (Å²) in [7, 11) is 0. The van der Waals surface area contributed by atoms with Gasteiger partial charge in [0.05, 0.1) is 13.2 Å². The smallest absolute Gasteiger partial charge is 0.225 e. The molecule has 2 aliphatic heterocycles. The van der Waals surface area contributed by atoms with E-state index in [0.29, 0.717) is 25.4 Å². The van der Waals surface area contributed by atoms with Gasteiger partial charge in [-0.25, -0.2) is 0 Å². The van der Waals surface area contributed by atoms with Crippen LogP contribution in [0.2, 0.25) is 0 Å². The third-order valence-electron chi connectivity index (χ3n) is 3.58. The number of fused-ring (bicyclic) bond motifs is 1. The summed E-state index contributed by atoms with van der Waals surface area (Å²) in [4.78, 5) is 14.2. The van der Waals surface area contributed by atoms with E-state index < -0.39 is 0 Å². The van der Waals surface area contributed by atoms with Gasteiger partial charge in [0.25, 0.3) is 0 Å². The number of nitrogens with zero attached hydrogens (tertiary/aromatic N) is 1. The number of ether oxygens (including phenoxy) is 3. The van der Waals surface area contributed by atoms with Gasteiger partial charge in [0.15, 0.2) is 11.5 Å². The molecule has 0 unspecified atom stereocenters. The number of hydrogen-bond acceptors (Lipinski definition) is 5. The fourth-order valence-electron chi connectivity index (χ4n) is 2.43. The van der Waals surface area contributed by atoms with Crippen LogP contribution in [0.1, 0.15) is 6.42 Å². The van der Waals surface area contributed by atoms with Gasteiger partial charge in [-0.2, -0.15) is 0 Å². The molecule has 1 amide bonds. The van der Waals surface area contributed by atoms with E-state index in [4.69, 9.17) is 14.2 Å². The molecular formula is C15H20N2O4. The predicted molar refractivity (Wildman–Crippen MR) is 77.9 cm³/mol. The van der Waals surface area contributed by atoms with Gasteiger partial charge in [0, 0.05) is 37.8 Å². The molecule has 0 aliphatic carbocycles. The molecule has 1 N–H and O–H groups in total. The van der Waals surface area contributed by atoms with Crippen LogP contribution in [-0.4, -0.2) is 56.9 Å². The molecule has 1 saturated heterocycles. The maximum absolute atomic E-state index is 12.0. The molecule has 2 aliphatic rings.